The van der Waals surface area contributed by atoms with Gasteiger partial charge in [0.05, 0.1) is 13.7 Å². The first kappa shape index (κ1) is 15.1. The normalized spacial score (nSPS) is 11.0. The minimum Gasteiger partial charge on any atom is -0.508 e. The number of nitrogens with zero attached hydrogens (tertiary/aromatic N) is 1. The Hall–Kier alpha value is -2.34. The number of hydrogen-bond acceptors (Lipinski definition) is 6. The van der Waals surface area contributed by atoms with E-state index in [1.807, 2.05) is 11.8 Å². The Kier molecular flexibility index (Phi) is 4.59. The standard InChI is InChI=1S/C15H17NO5/c1-3-16(9-15(19)20-2)8-10-6-14(18)21-13-7-11(17)4-5-12(10)13/h4-7,17H,3,8-9H2,1-2H3. The highest BCUT2D eigenvalue weighted by Crippen LogP contribution is 2.22. The van der Waals surface area contributed by atoms with E-state index in [0.717, 1.165) is 10.9 Å². The summed E-state index contributed by atoms with van der Waals surface area (Å²) in [6.07, 6.45) is 0. The van der Waals surface area contributed by atoms with Gasteiger partial charge in [-0.2, -0.15) is 0 Å². The van der Waals surface area contributed by atoms with Crippen molar-refractivity contribution in [2.45, 2.75) is 13.5 Å². The van der Waals surface area contributed by atoms with Crippen LogP contribution in [-0.4, -0.2) is 36.2 Å². The average molecular weight is 291 g/mol. The van der Waals surface area contributed by atoms with Crippen LogP contribution < -0.4 is 5.63 Å². The van der Waals surface area contributed by atoms with Gasteiger partial charge in [0.1, 0.15) is 11.3 Å². The molecule has 2 rings (SSSR count). The van der Waals surface area contributed by atoms with Crippen molar-refractivity contribution >= 4 is 16.9 Å². The van der Waals surface area contributed by atoms with Crippen LogP contribution in [0.3, 0.4) is 0 Å². The van der Waals surface area contributed by atoms with Crippen molar-refractivity contribution < 1.29 is 19.1 Å². The maximum atomic E-state index is 11.6. The van der Waals surface area contributed by atoms with Gasteiger partial charge in [-0.25, -0.2) is 4.79 Å². The molecule has 2 aromatic rings. The van der Waals surface area contributed by atoms with Gasteiger partial charge < -0.3 is 14.3 Å². The molecule has 0 aliphatic heterocycles. The zero-order valence-corrected chi connectivity index (χ0v) is 12.0. The molecule has 1 N–H and O–H groups in total. The second-order valence-electron chi connectivity index (χ2n) is 4.65. The second kappa shape index (κ2) is 6.41. The topological polar surface area (TPSA) is 80.0 Å². The summed E-state index contributed by atoms with van der Waals surface area (Å²) >= 11 is 0. The van der Waals surface area contributed by atoms with Crippen molar-refractivity contribution in [3.05, 3.63) is 40.2 Å². The second-order valence-corrected chi connectivity index (χ2v) is 4.65. The van der Waals surface area contributed by atoms with Gasteiger partial charge in [0.2, 0.25) is 0 Å². The summed E-state index contributed by atoms with van der Waals surface area (Å²) < 4.78 is 9.73. The molecule has 0 spiro atoms. The number of esters is 1. The number of fused-ring (bicyclic) bond motifs is 1. The quantitative estimate of drug-likeness (QED) is 0.664. The van der Waals surface area contributed by atoms with Crippen molar-refractivity contribution in [3.63, 3.8) is 0 Å². The lowest BCUT2D eigenvalue weighted by molar-refractivity contribution is -0.142. The van der Waals surface area contributed by atoms with Gasteiger partial charge in [-0.15, -0.1) is 0 Å². The fraction of sp³-hybridized carbons (Fsp3) is 0.333. The molecule has 6 nitrogen and oxygen atoms in total. The molecule has 21 heavy (non-hydrogen) atoms. The maximum Gasteiger partial charge on any atom is 0.336 e. The molecular formula is C15H17NO5. The fourth-order valence-corrected chi connectivity index (χ4v) is 2.12. The van der Waals surface area contributed by atoms with E-state index in [-0.39, 0.29) is 18.3 Å². The minimum absolute atomic E-state index is 0.0321. The van der Waals surface area contributed by atoms with E-state index >= 15 is 0 Å². The number of hydrogen-bond donors (Lipinski definition) is 1. The van der Waals surface area contributed by atoms with Gasteiger partial charge >= 0.3 is 11.6 Å². The number of benzene rings is 1. The number of methoxy groups -OCH3 is 1. The highest BCUT2D eigenvalue weighted by Gasteiger charge is 2.13. The summed E-state index contributed by atoms with van der Waals surface area (Å²) in [7, 11) is 1.34. The van der Waals surface area contributed by atoms with E-state index in [1.54, 1.807) is 6.07 Å². The average Bonchev–Trinajstić information content (AvgIpc) is 2.45. The molecule has 0 aliphatic rings. The molecule has 0 amide bonds. The number of phenols is 1. The Bertz CT molecular complexity index is 707. The van der Waals surface area contributed by atoms with Crippen LogP contribution in [0.2, 0.25) is 0 Å². The summed E-state index contributed by atoms with van der Waals surface area (Å²) in [4.78, 5) is 24.8. The summed E-state index contributed by atoms with van der Waals surface area (Å²) in [5, 5.41) is 10.2. The molecule has 6 heteroatoms. The molecule has 0 bridgehead atoms. The van der Waals surface area contributed by atoms with E-state index in [2.05, 4.69) is 4.74 Å². The van der Waals surface area contributed by atoms with Crippen LogP contribution in [0.5, 0.6) is 5.75 Å². The number of likely N-dealkylation sites (N-methyl/N-ethyl adjacent to an activating group) is 1. The predicted molar refractivity (Wildman–Crippen MR) is 77.1 cm³/mol. The summed E-state index contributed by atoms with van der Waals surface area (Å²) in [5.74, 6) is -0.300. The lowest BCUT2D eigenvalue weighted by Gasteiger charge is -2.19. The van der Waals surface area contributed by atoms with Gasteiger partial charge in [0.15, 0.2) is 0 Å². The van der Waals surface area contributed by atoms with E-state index in [1.165, 1.54) is 25.3 Å². The van der Waals surface area contributed by atoms with Gasteiger partial charge in [0, 0.05) is 24.1 Å². The van der Waals surface area contributed by atoms with Crippen LogP contribution >= 0.6 is 0 Å². The molecule has 1 heterocycles. The van der Waals surface area contributed by atoms with Crippen LogP contribution in [0.1, 0.15) is 12.5 Å². The molecule has 0 aliphatic carbocycles. The van der Waals surface area contributed by atoms with Crippen molar-refractivity contribution in [1.29, 1.82) is 0 Å². The predicted octanol–water partition coefficient (Wildman–Crippen LogP) is 1.49. The van der Waals surface area contributed by atoms with Crippen molar-refractivity contribution in [2.75, 3.05) is 20.2 Å². The number of carbonyl (C=O) groups excluding carboxylic acids is 1. The monoisotopic (exact) mass is 291 g/mol. The number of rotatable bonds is 5. The SMILES string of the molecule is CCN(CC(=O)OC)Cc1cc(=O)oc2cc(O)ccc12. The van der Waals surface area contributed by atoms with Crippen LogP contribution in [0, 0.1) is 0 Å². The third-order valence-corrected chi connectivity index (χ3v) is 3.24. The first-order valence-electron chi connectivity index (χ1n) is 6.58. The molecule has 112 valence electrons. The van der Waals surface area contributed by atoms with Crippen LogP contribution in [0.25, 0.3) is 11.0 Å². The maximum absolute atomic E-state index is 11.6. The summed E-state index contributed by atoms with van der Waals surface area (Å²) in [6, 6.07) is 6.02. The zero-order valence-electron chi connectivity index (χ0n) is 12.0. The molecule has 0 saturated carbocycles. The van der Waals surface area contributed by atoms with E-state index in [4.69, 9.17) is 4.42 Å². The van der Waals surface area contributed by atoms with E-state index in [0.29, 0.717) is 18.7 Å². The smallest absolute Gasteiger partial charge is 0.336 e. The molecule has 0 unspecified atom stereocenters. The number of aromatic hydroxyl groups is 1. The third-order valence-electron chi connectivity index (χ3n) is 3.24. The van der Waals surface area contributed by atoms with Gasteiger partial charge in [0.25, 0.3) is 0 Å². The zero-order chi connectivity index (χ0) is 15.4. The third kappa shape index (κ3) is 3.61. The highest BCUT2D eigenvalue weighted by molar-refractivity contribution is 5.81. The molecule has 1 aromatic carbocycles. The number of phenolic OH excluding ortho intramolecular Hbond substituents is 1. The minimum atomic E-state index is -0.489. The first-order chi connectivity index (χ1) is 10.0. The fourth-order valence-electron chi connectivity index (χ4n) is 2.12. The van der Waals surface area contributed by atoms with E-state index < -0.39 is 5.63 Å². The molecule has 0 fully saturated rings. The molecule has 0 radical (unpaired) electrons. The number of ether oxygens (including phenoxy) is 1. The molecule has 1 aromatic heterocycles. The highest BCUT2D eigenvalue weighted by atomic mass is 16.5. The Morgan fingerprint density at radius 2 is 2.14 bits per heavy atom. The Labute approximate surface area is 121 Å². The molecule has 0 saturated heterocycles. The van der Waals surface area contributed by atoms with Gasteiger partial charge in [-0.3, -0.25) is 9.69 Å². The van der Waals surface area contributed by atoms with Crippen LogP contribution in [0.4, 0.5) is 0 Å². The van der Waals surface area contributed by atoms with Crippen molar-refractivity contribution in [3.8, 4) is 5.75 Å². The largest absolute Gasteiger partial charge is 0.508 e. The molecular weight excluding hydrogens is 274 g/mol. The van der Waals surface area contributed by atoms with Crippen LogP contribution in [0.15, 0.2) is 33.5 Å². The Morgan fingerprint density at radius 3 is 2.81 bits per heavy atom. The van der Waals surface area contributed by atoms with E-state index in [9.17, 15) is 14.7 Å². The van der Waals surface area contributed by atoms with Gasteiger partial charge in [-0.05, 0) is 24.2 Å². The Balaban J connectivity index is 2.36. The number of carbonyl (C=O) groups is 1. The summed E-state index contributed by atoms with van der Waals surface area (Å²) in [5.41, 5.74) is 0.579. The lowest BCUT2D eigenvalue weighted by Crippen LogP contribution is -2.30. The first-order valence-corrected chi connectivity index (χ1v) is 6.58. The lowest BCUT2D eigenvalue weighted by atomic mass is 10.1. The van der Waals surface area contributed by atoms with Crippen molar-refractivity contribution in [1.82, 2.24) is 4.90 Å². The Morgan fingerprint density at radius 1 is 1.38 bits per heavy atom. The summed E-state index contributed by atoms with van der Waals surface area (Å²) in [6.45, 7) is 3.11. The van der Waals surface area contributed by atoms with Crippen molar-refractivity contribution in [2.24, 2.45) is 0 Å². The van der Waals surface area contributed by atoms with Gasteiger partial charge in [-0.1, -0.05) is 6.92 Å². The molecule has 0 atom stereocenters. The van der Waals surface area contributed by atoms with Crippen LogP contribution in [-0.2, 0) is 16.1 Å².